The summed E-state index contributed by atoms with van der Waals surface area (Å²) in [6.45, 7) is 3.81. The Morgan fingerprint density at radius 1 is 1.36 bits per heavy atom. The van der Waals surface area contributed by atoms with Gasteiger partial charge in [-0.05, 0) is 31.5 Å². The minimum absolute atomic E-state index is 0.00728. The van der Waals surface area contributed by atoms with Crippen molar-refractivity contribution < 1.29 is 18.7 Å². The second-order valence-corrected chi connectivity index (χ2v) is 5.76. The first-order chi connectivity index (χ1) is 10.4. The van der Waals surface area contributed by atoms with E-state index in [0.29, 0.717) is 4.47 Å². The van der Waals surface area contributed by atoms with Crippen LogP contribution in [0.2, 0.25) is 0 Å². The number of rotatable bonds is 8. The molecule has 0 radical (unpaired) electrons. The van der Waals surface area contributed by atoms with Gasteiger partial charge in [0.2, 0.25) is 5.91 Å². The van der Waals surface area contributed by atoms with Gasteiger partial charge in [0.05, 0.1) is 0 Å². The van der Waals surface area contributed by atoms with Gasteiger partial charge in [0.15, 0.2) is 18.2 Å². The van der Waals surface area contributed by atoms with Gasteiger partial charge in [-0.3, -0.25) is 9.59 Å². The van der Waals surface area contributed by atoms with E-state index in [1.807, 2.05) is 13.8 Å². The Bertz CT molecular complexity index is 526. The number of hydrogen-bond acceptors (Lipinski definition) is 3. The zero-order valence-corrected chi connectivity index (χ0v) is 14.2. The van der Waals surface area contributed by atoms with Crippen molar-refractivity contribution in [1.29, 1.82) is 0 Å². The first-order valence-electron chi connectivity index (χ1n) is 7.06. The van der Waals surface area contributed by atoms with Gasteiger partial charge < -0.3 is 15.4 Å². The summed E-state index contributed by atoms with van der Waals surface area (Å²) in [4.78, 5) is 23.1. The summed E-state index contributed by atoms with van der Waals surface area (Å²) in [7, 11) is 0. The van der Waals surface area contributed by atoms with Gasteiger partial charge in [-0.25, -0.2) is 4.39 Å². The third-order valence-electron chi connectivity index (χ3n) is 2.95. The minimum Gasteiger partial charge on any atom is -0.481 e. The lowest BCUT2D eigenvalue weighted by molar-refractivity contribution is -0.123. The number of halogens is 2. The summed E-state index contributed by atoms with van der Waals surface area (Å²) in [6.07, 6.45) is 1.05. The first kappa shape index (κ1) is 18.4. The van der Waals surface area contributed by atoms with Crippen molar-refractivity contribution in [2.45, 2.75) is 32.7 Å². The zero-order chi connectivity index (χ0) is 16.5. The molecule has 0 aliphatic heterocycles. The molecule has 2 N–H and O–H groups in total. The molecule has 1 atom stereocenters. The Kier molecular flexibility index (Phi) is 7.87. The van der Waals surface area contributed by atoms with Crippen molar-refractivity contribution in [2.75, 3.05) is 13.2 Å². The highest BCUT2D eigenvalue weighted by atomic mass is 79.9. The third kappa shape index (κ3) is 6.89. The molecule has 22 heavy (non-hydrogen) atoms. The lowest BCUT2D eigenvalue weighted by atomic mass is 10.2. The maximum Gasteiger partial charge on any atom is 0.257 e. The largest absolute Gasteiger partial charge is 0.481 e. The molecule has 0 saturated carbocycles. The van der Waals surface area contributed by atoms with E-state index in [1.54, 1.807) is 6.07 Å². The van der Waals surface area contributed by atoms with Crippen LogP contribution in [0, 0.1) is 5.82 Å². The van der Waals surface area contributed by atoms with Gasteiger partial charge in [-0.2, -0.15) is 0 Å². The molecular weight excluding hydrogens is 355 g/mol. The number of carbonyl (C=O) groups excluding carboxylic acids is 2. The molecule has 122 valence electrons. The molecular formula is C15H20BrFN2O3. The molecule has 0 aliphatic carbocycles. The minimum atomic E-state index is -0.546. The second kappa shape index (κ2) is 9.40. The lowest BCUT2D eigenvalue weighted by Gasteiger charge is -2.12. The van der Waals surface area contributed by atoms with Crippen LogP contribution in [0.1, 0.15) is 26.7 Å². The molecule has 5 nitrogen and oxygen atoms in total. The smallest absolute Gasteiger partial charge is 0.257 e. The summed E-state index contributed by atoms with van der Waals surface area (Å²) in [6, 6.07) is 4.43. The maximum absolute atomic E-state index is 13.5. The maximum atomic E-state index is 13.5. The van der Waals surface area contributed by atoms with Gasteiger partial charge in [-0.15, -0.1) is 0 Å². The SMILES string of the molecule is CCC(C)NC(=O)CCNC(=O)COc1ccc(Br)cc1F. The number of hydrogen-bond donors (Lipinski definition) is 2. The number of ether oxygens (including phenoxy) is 1. The summed E-state index contributed by atoms with van der Waals surface area (Å²) >= 11 is 3.13. The van der Waals surface area contributed by atoms with Crippen molar-refractivity contribution in [2.24, 2.45) is 0 Å². The van der Waals surface area contributed by atoms with Crippen LogP contribution in [0.4, 0.5) is 4.39 Å². The zero-order valence-electron chi connectivity index (χ0n) is 12.6. The third-order valence-corrected chi connectivity index (χ3v) is 3.44. The van der Waals surface area contributed by atoms with E-state index in [0.717, 1.165) is 6.42 Å². The van der Waals surface area contributed by atoms with Gasteiger partial charge in [-0.1, -0.05) is 22.9 Å². The molecule has 1 aromatic carbocycles. The van der Waals surface area contributed by atoms with E-state index < -0.39 is 11.7 Å². The fourth-order valence-electron chi connectivity index (χ4n) is 1.55. The molecule has 7 heteroatoms. The number of benzene rings is 1. The molecule has 0 aliphatic rings. The fraction of sp³-hybridized carbons (Fsp3) is 0.467. The van der Waals surface area contributed by atoms with E-state index in [1.165, 1.54) is 12.1 Å². The molecule has 1 aromatic rings. The Hall–Kier alpha value is -1.63. The Morgan fingerprint density at radius 2 is 2.09 bits per heavy atom. The van der Waals surface area contributed by atoms with Crippen LogP contribution in [-0.4, -0.2) is 31.0 Å². The quantitative estimate of drug-likeness (QED) is 0.733. The van der Waals surface area contributed by atoms with E-state index in [-0.39, 0.29) is 37.3 Å². The molecule has 0 spiro atoms. The summed E-state index contributed by atoms with van der Waals surface area (Å²) in [5, 5.41) is 5.35. The van der Waals surface area contributed by atoms with Crippen LogP contribution >= 0.6 is 15.9 Å². The standard InChI is InChI=1S/C15H20BrFN2O3/c1-3-10(2)19-14(20)6-7-18-15(21)9-22-13-5-4-11(16)8-12(13)17/h4-5,8,10H,3,6-7,9H2,1-2H3,(H,18,21)(H,19,20). The van der Waals surface area contributed by atoms with Crippen molar-refractivity contribution >= 4 is 27.7 Å². The van der Waals surface area contributed by atoms with Crippen LogP contribution in [0.5, 0.6) is 5.75 Å². The second-order valence-electron chi connectivity index (χ2n) is 4.84. The van der Waals surface area contributed by atoms with Gasteiger partial charge in [0.1, 0.15) is 0 Å². The molecule has 1 unspecified atom stereocenters. The molecule has 1 rings (SSSR count). The van der Waals surface area contributed by atoms with Crippen LogP contribution in [-0.2, 0) is 9.59 Å². The average Bonchev–Trinajstić information content (AvgIpc) is 2.46. The first-order valence-corrected chi connectivity index (χ1v) is 7.85. The van der Waals surface area contributed by atoms with E-state index >= 15 is 0 Å². The molecule has 0 heterocycles. The van der Waals surface area contributed by atoms with Gasteiger partial charge in [0, 0.05) is 23.5 Å². The van der Waals surface area contributed by atoms with Crippen LogP contribution in [0.15, 0.2) is 22.7 Å². The number of nitrogens with one attached hydrogen (secondary N) is 2. The van der Waals surface area contributed by atoms with Gasteiger partial charge >= 0.3 is 0 Å². The van der Waals surface area contributed by atoms with E-state index in [9.17, 15) is 14.0 Å². The normalized spacial score (nSPS) is 11.6. The van der Waals surface area contributed by atoms with Crippen molar-refractivity contribution in [3.8, 4) is 5.75 Å². The number of carbonyl (C=O) groups is 2. The van der Waals surface area contributed by atoms with Crippen LogP contribution in [0.3, 0.4) is 0 Å². The summed E-state index contributed by atoms with van der Waals surface area (Å²) in [5.74, 6) is -1.06. The lowest BCUT2D eigenvalue weighted by Crippen LogP contribution is -2.36. The Balaban J connectivity index is 2.25. The molecule has 2 amide bonds. The van der Waals surface area contributed by atoms with Gasteiger partial charge in [0.25, 0.3) is 5.91 Å². The van der Waals surface area contributed by atoms with Crippen LogP contribution < -0.4 is 15.4 Å². The Morgan fingerprint density at radius 3 is 2.73 bits per heavy atom. The number of amides is 2. The monoisotopic (exact) mass is 374 g/mol. The molecule has 0 aromatic heterocycles. The molecule has 0 bridgehead atoms. The summed E-state index contributed by atoms with van der Waals surface area (Å²) in [5.41, 5.74) is 0. The van der Waals surface area contributed by atoms with Crippen molar-refractivity contribution in [3.05, 3.63) is 28.5 Å². The predicted octanol–water partition coefficient (Wildman–Crippen LogP) is 2.39. The van der Waals surface area contributed by atoms with Crippen LogP contribution in [0.25, 0.3) is 0 Å². The van der Waals surface area contributed by atoms with E-state index in [4.69, 9.17) is 4.74 Å². The average molecular weight is 375 g/mol. The predicted molar refractivity (Wildman–Crippen MR) is 85.1 cm³/mol. The van der Waals surface area contributed by atoms with Crippen molar-refractivity contribution in [3.63, 3.8) is 0 Å². The Labute approximate surface area is 137 Å². The molecule has 0 fully saturated rings. The molecule has 0 saturated heterocycles. The van der Waals surface area contributed by atoms with Crippen molar-refractivity contribution in [1.82, 2.24) is 10.6 Å². The highest BCUT2D eigenvalue weighted by molar-refractivity contribution is 9.10. The highest BCUT2D eigenvalue weighted by Crippen LogP contribution is 2.21. The highest BCUT2D eigenvalue weighted by Gasteiger charge is 2.09. The summed E-state index contributed by atoms with van der Waals surface area (Å²) < 4.78 is 19.2. The fourth-order valence-corrected chi connectivity index (χ4v) is 1.88. The topological polar surface area (TPSA) is 67.4 Å². The van der Waals surface area contributed by atoms with E-state index in [2.05, 4.69) is 26.6 Å².